The lowest BCUT2D eigenvalue weighted by atomic mass is 9.78. The van der Waals surface area contributed by atoms with Crippen LogP contribution in [0.5, 0.6) is 0 Å². The Labute approximate surface area is 88.4 Å². The largest absolute Gasteiger partial charge is 0.380 e. The van der Waals surface area contributed by atoms with Crippen LogP contribution in [-0.2, 0) is 4.74 Å². The summed E-state index contributed by atoms with van der Waals surface area (Å²) in [6.45, 7) is 9.56. The average molecular weight is 199 g/mol. The summed E-state index contributed by atoms with van der Waals surface area (Å²) < 4.78 is 5.55. The van der Waals surface area contributed by atoms with Gasteiger partial charge in [-0.3, -0.25) is 0 Å². The van der Waals surface area contributed by atoms with Gasteiger partial charge in [0.2, 0.25) is 0 Å². The number of nitrogens with one attached hydrogen (secondary N) is 1. The highest BCUT2D eigenvalue weighted by molar-refractivity contribution is 4.91. The molecular formula is C12H25NO. The van der Waals surface area contributed by atoms with E-state index in [-0.39, 0.29) is 0 Å². The number of hydrogen-bond acceptors (Lipinski definition) is 2. The highest BCUT2D eigenvalue weighted by Gasteiger charge is 2.30. The van der Waals surface area contributed by atoms with Crippen molar-refractivity contribution >= 4 is 0 Å². The summed E-state index contributed by atoms with van der Waals surface area (Å²) in [6.07, 6.45) is 5.23. The Morgan fingerprint density at radius 2 is 2.00 bits per heavy atom. The molecule has 0 saturated heterocycles. The molecule has 1 fully saturated rings. The summed E-state index contributed by atoms with van der Waals surface area (Å²) >= 11 is 0. The molecule has 0 bridgehead atoms. The molecule has 0 aromatic rings. The van der Waals surface area contributed by atoms with E-state index in [2.05, 4.69) is 26.1 Å². The first-order valence-corrected chi connectivity index (χ1v) is 5.95. The maximum atomic E-state index is 5.55. The van der Waals surface area contributed by atoms with Crippen molar-refractivity contribution < 1.29 is 4.74 Å². The van der Waals surface area contributed by atoms with Crippen molar-refractivity contribution in [3.05, 3.63) is 0 Å². The van der Waals surface area contributed by atoms with Gasteiger partial charge >= 0.3 is 0 Å². The van der Waals surface area contributed by atoms with Gasteiger partial charge in [-0.25, -0.2) is 0 Å². The highest BCUT2D eigenvalue weighted by Crippen LogP contribution is 2.30. The molecule has 0 heterocycles. The molecule has 1 N–H and O–H groups in total. The minimum atomic E-state index is 0.432. The van der Waals surface area contributed by atoms with Gasteiger partial charge in [0.1, 0.15) is 0 Å². The van der Waals surface area contributed by atoms with E-state index in [1.807, 2.05) is 0 Å². The molecule has 2 nitrogen and oxygen atoms in total. The fourth-order valence-electron chi connectivity index (χ4n) is 1.73. The second kappa shape index (κ2) is 5.72. The Morgan fingerprint density at radius 1 is 1.29 bits per heavy atom. The SMILES string of the molecule is CC(C)CCOCCNC1(C)CCC1. The third kappa shape index (κ3) is 4.43. The summed E-state index contributed by atoms with van der Waals surface area (Å²) in [7, 11) is 0. The lowest BCUT2D eigenvalue weighted by Gasteiger charge is -2.39. The molecule has 0 aliphatic heterocycles. The summed E-state index contributed by atoms with van der Waals surface area (Å²) in [5.41, 5.74) is 0.432. The summed E-state index contributed by atoms with van der Waals surface area (Å²) in [5, 5.41) is 3.56. The normalized spacial score (nSPS) is 19.7. The minimum absolute atomic E-state index is 0.432. The monoisotopic (exact) mass is 199 g/mol. The number of hydrogen-bond donors (Lipinski definition) is 1. The zero-order chi connectivity index (χ0) is 10.4. The Balaban J connectivity index is 1.84. The Hall–Kier alpha value is -0.0800. The topological polar surface area (TPSA) is 21.3 Å². The molecule has 0 amide bonds. The van der Waals surface area contributed by atoms with Gasteiger partial charge in [-0.2, -0.15) is 0 Å². The quantitative estimate of drug-likeness (QED) is 0.636. The first-order valence-electron chi connectivity index (χ1n) is 5.95. The molecule has 84 valence electrons. The van der Waals surface area contributed by atoms with Crippen molar-refractivity contribution in [3.63, 3.8) is 0 Å². The zero-order valence-corrected chi connectivity index (χ0v) is 9.94. The molecule has 2 heteroatoms. The van der Waals surface area contributed by atoms with E-state index in [4.69, 9.17) is 4.74 Å². The van der Waals surface area contributed by atoms with Gasteiger partial charge in [0.15, 0.2) is 0 Å². The summed E-state index contributed by atoms with van der Waals surface area (Å²) in [5.74, 6) is 0.757. The maximum Gasteiger partial charge on any atom is 0.0591 e. The first kappa shape index (κ1) is 12.0. The van der Waals surface area contributed by atoms with E-state index < -0.39 is 0 Å². The Bertz CT molecular complexity index is 152. The molecule has 0 radical (unpaired) electrons. The minimum Gasteiger partial charge on any atom is -0.380 e. The van der Waals surface area contributed by atoms with Crippen LogP contribution < -0.4 is 5.32 Å². The van der Waals surface area contributed by atoms with E-state index >= 15 is 0 Å². The predicted molar refractivity (Wildman–Crippen MR) is 60.5 cm³/mol. The van der Waals surface area contributed by atoms with E-state index in [1.54, 1.807) is 0 Å². The van der Waals surface area contributed by atoms with Crippen LogP contribution in [0, 0.1) is 5.92 Å². The molecule has 0 aromatic carbocycles. The Kier molecular flexibility index (Phi) is 4.90. The van der Waals surface area contributed by atoms with Gasteiger partial charge in [-0.1, -0.05) is 13.8 Å². The molecule has 1 aliphatic rings. The number of rotatable bonds is 7. The number of ether oxygens (including phenoxy) is 1. The lowest BCUT2D eigenvalue weighted by molar-refractivity contribution is 0.109. The molecule has 1 aliphatic carbocycles. The fourth-order valence-corrected chi connectivity index (χ4v) is 1.73. The van der Waals surface area contributed by atoms with Crippen LogP contribution in [0.2, 0.25) is 0 Å². The van der Waals surface area contributed by atoms with Crippen LogP contribution >= 0.6 is 0 Å². The molecule has 1 saturated carbocycles. The predicted octanol–water partition coefficient (Wildman–Crippen LogP) is 2.58. The maximum absolute atomic E-state index is 5.55. The van der Waals surface area contributed by atoms with Crippen LogP contribution in [0.3, 0.4) is 0 Å². The van der Waals surface area contributed by atoms with Crippen molar-refractivity contribution in [2.45, 2.75) is 52.0 Å². The fraction of sp³-hybridized carbons (Fsp3) is 1.00. The van der Waals surface area contributed by atoms with Gasteiger partial charge < -0.3 is 10.1 Å². The molecule has 0 aromatic heterocycles. The van der Waals surface area contributed by atoms with Crippen LogP contribution in [0.25, 0.3) is 0 Å². The van der Waals surface area contributed by atoms with Crippen molar-refractivity contribution in [2.24, 2.45) is 5.92 Å². The van der Waals surface area contributed by atoms with Gasteiger partial charge in [0.25, 0.3) is 0 Å². The van der Waals surface area contributed by atoms with Crippen molar-refractivity contribution in [3.8, 4) is 0 Å². The van der Waals surface area contributed by atoms with Crippen molar-refractivity contribution in [2.75, 3.05) is 19.8 Å². The van der Waals surface area contributed by atoms with Crippen molar-refractivity contribution in [1.29, 1.82) is 0 Å². The lowest BCUT2D eigenvalue weighted by Crippen LogP contribution is -2.49. The van der Waals surface area contributed by atoms with Gasteiger partial charge in [-0.15, -0.1) is 0 Å². The first-order chi connectivity index (χ1) is 6.62. The van der Waals surface area contributed by atoms with E-state index in [0.29, 0.717) is 5.54 Å². The third-order valence-electron chi connectivity index (χ3n) is 3.09. The third-order valence-corrected chi connectivity index (χ3v) is 3.09. The van der Waals surface area contributed by atoms with Crippen LogP contribution in [0.4, 0.5) is 0 Å². The molecule has 0 unspecified atom stereocenters. The van der Waals surface area contributed by atoms with Gasteiger partial charge in [0.05, 0.1) is 6.61 Å². The average Bonchev–Trinajstić information content (AvgIpc) is 2.07. The summed E-state index contributed by atoms with van der Waals surface area (Å²) in [4.78, 5) is 0. The van der Waals surface area contributed by atoms with Gasteiger partial charge in [-0.05, 0) is 38.5 Å². The smallest absolute Gasteiger partial charge is 0.0591 e. The summed E-state index contributed by atoms with van der Waals surface area (Å²) in [6, 6.07) is 0. The van der Waals surface area contributed by atoms with E-state index in [1.165, 1.54) is 25.7 Å². The second-order valence-corrected chi connectivity index (χ2v) is 5.14. The molecule has 14 heavy (non-hydrogen) atoms. The van der Waals surface area contributed by atoms with Gasteiger partial charge in [0, 0.05) is 18.7 Å². The van der Waals surface area contributed by atoms with Crippen molar-refractivity contribution in [1.82, 2.24) is 5.32 Å². The van der Waals surface area contributed by atoms with Crippen LogP contribution in [0.1, 0.15) is 46.5 Å². The van der Waals surface area contributed by atoms with Crippen LogP contribution in [-0.4, -0.2) is 25.3 Å². The Morgan fingerprint density at radius 3 is 2.50 bits per heavy atom. The second-order valence-electron chi connectivity index (χ2n) is 5.14. The highest BCUT2D eigenvalue weighted by atomic mass is 16.5. The molecule has 0 spiro atoms. The zero-order valence-electron chi connectivity index (χ0n) is 9.94. The molecule has 1 rings (SSSR count). The van der Waals surface area contributed by atoms with Crippen LogP contribution in [0.15, 0.2) is 0 Å². The molecule has 0 atom stereocenters. The standard InChI is InChI=1S/C12H25NO/c1-11(2)5-9-14-10-8-13-12(3)6-4-7-12/h11,13H,4-10H2,1-3H3. The molecular weight excluding hydrogens is 174 g/mol. The van der Waals surface area contributed by atoms with E-state index in [0.717, 1.165) is 25.7 Å². The van der Waals surface area contributed by atoms with E-state index in [9.17, 15) is 0 Å².